The Morgan fingerprint density at radius 2 is 1.88 bits per heavy atom. The van der Waals surface area contributed by atoms with Crippen molar-refractivity contribution in [2.45, 2.75) is 6.61 Å². The molecule has 1 amide bonds. The van der Waals surface area contributed by atoms with Crippen molar-refractivity contribution in [3.8, 4) is 0 Å². The van der Waals surface area contributed by atoms with Gasteiger partial charge >= 0.3 is 0 Å². The lowest BCUT2D eigenvalue weighted by Gasteiger charge is -2.29. The Labute approximate surface area is 167 Å². The molecule has 0 spiro atoms. The molecule has 0 saturated carbocycles. The maximum Gasteiger partial charge on any atom is 0.250 e. The average molecular weight is 411 g/mol. The normalized spacial score (nSPS) is 14.3. The Balaban J connectivity index is 1.51. The molecule has 1 saturated heterocycles. The van der Waals surface area contributed by atoms with Crippen molar-refractivity contribution in [3.63, 3.8) is 0 Å². The van der Waals surface area contributed by atoms with E-state index in [-0.39, 0.29) is 12.5 Å². The SMILES string of the molecule is O=C(COCc1ccccc1Cl)Nc1ccc(N2CCSCC2)c(Cl)c1. The second-order valence-corrected chi connectivity index (χ2v) is 7.94. The van der Waals surface area contributed by atoms with Crippen LogP contribution in [0, 0.1) is 0 Å². The van der Waals surface area contributed by atoms with Crippen molar-refractivity contribution in [2.24, 2.45) is 0 Å². The number of nitrogens with zero attached hydrogens (tertiary/aromatic N) is 1. The van der Waals surface area contributed by atoms with Gasteiger partial charge < -0.3 is 15.0 Å². The minimum absolute atomic E-state index is 0.0477. The third-order valence-corrected chi connectivity index (χ3v) is 5.65. The first-order valence-electron chi connectivity index (χ1n) is 8.37. The summed E-state index contributed by atoms with van der Waals surface area (Å²) in [6, 6.07) is 13.0. The number of hydrogen-bond donors (Lipinski definition) is 1. The van der Waals surface area contributed by atoms with E-state index in [1.807, 2.05) is 42.1 Å². The molecule has 0 bridgehead atoms. The van der Waals surface area contributed by atoms with Gasteiger partial charge in [-0.05, 0) is 29.8 Å². The molecule has 1 heterocycles. The summed E-state index contributed by atoms with van der Waals surface area (Å²) in [4.78, 5) is 14.3. The van der Waals surface area contributed by atoms with Crippen LogP contribution in [0.2, 0.25) is 10.0 Å². The van der Waals surface area contributed by atoms with E-state index in [1.54, 1.807) is 12.1 Å². The van der Waals surface area contributed by atoms with Crippen molar-refractivity contribution in [2.75, 3.05) is 41.4 Å². The van der Waals surface area contributed by atoms with E-state index in [2.05, 4.69) is 10.2 Å². The minimum Gasteiger partial charge on any atom is -0.369 e. The van der Waals surface area contributed by atoms with Gasteiger partial charge in [-0.25, -0.2) is 0 Å². The Kier molecular flexibility index (Phi) is 7.08. The van der Waals surface area contributed by atoms with E-state index in [1.165, 1.54) is 0 Å². The first kappa shape index (κ1) is 19.4. The number of halogens is 2. The molecule has 2 aromatic rings. The van der Waals surface area contributed by atoms with Crippen molar-refractivity contribution in [1.82, 2.24) is 0 Å². The molecule has 0 atom stereocenters. The molecule has 1 N–H and O–H groups in total. The Bertz CT molecular complexity index is 767. The van der Waals surface area contributed by atoms with E-state index in [0.717, 1.165) is 35.8 Å². The Morgan fingerprint density at radius 3 is 2.62 bits per heavy atom. The van der Waals surface area contributed by atoms with Gasteiger partial charge in [0.2, 0.25) is 5.91 Å². The summed E-state index contributed by atoms with van der Waals surface area (Å²) in [7, 11) is 0. The Morgan fingerprint density at radius 1 is 1.12 bits per heavy atom. The largest absolute Gasteiger partial charge is 0.369 e. The van der Waals surface area contributed by atoms with Crippen LogP contribution in [0.15, 0.2) is 42.5 Å². The molecule has 0 aliphatic carbocycles. The summed E-state index contributed by atoms with van der Waals surface area (Å²) in [6.45, 7) is 2.23. The third kappa shape index (κ3) is 5.30. The molecular weight excluding hydrogens is 391 g/mol. The Hall–Kier alpha value is -1.40. The molecule has 0 aromatic heterocycles. The first-order chi connectivity index (χ1) is 12.6. The van der Waals surface area contributed by atoms with Gasteiger partial charge in [0.15, 0.2) is 0 Å². The minimum atomic E-state index is -0.227. The van der Waals surface area contributed by atoms with E-state index < -0.39 is 0 Å². The number of carbonyl (C=O) groups excluding carboxylic acids is 1. The van der Waals surface area contributed by atoms with Crippen LogP contribution in [0.25, 0.3) is 0 Å². The summed E-state index contributed by atoms with van der Waals surface area (Å²) in [6.07, 6.45) is 0. The van der Waals surface area contributed by atoms with E-state index in [0.29, 0.717) is 22.3 Å². The number of nitrogens with one attached hydrogen (secondary N) is 1. The zero-order valence-electron chi connectivity index (χ0n) is 14.2. The highest BCUT2D eigenvalue weighted by atomic mass is 35.5. The van der Waals surface area contributed by atoms with E-state index in [4.69, 9.17) is 27.9 Å². The fourth-order valence-corrected chi connectivity index (χ4v) is 4.11. The molecule has 0 radical (unpaired) electrons. The van der Waals surface area contributed by atoms with Crippen LogP contribution in [-0.4, -0.2) is 37.1 Å². The van der Waals surface area contributed by atoms with Crippen molar-refractivity contribution >= 4 is 52.2 Å². The predicted octanol–water partition coefficient (Wildman–Crippen LogP) is 4.70. The number of ether oxygens (including phenoxy) is 1. The average Bonchev–Trinajstić information content (AvgIpc) is 2.64. The van der Waals surface area contributed by atoms with Gasteiger partial charge in [0, 0.05) is 35.3 Å². The van der Waals surface area contributed by atoms with Crippen molar-refractivity contribution in [1.29, 1.82) is 0 Å². The van der Waals surface area contributed by atoms with Gasteiger partial charge in [0.1, 0.15) is 6.61 Å². The van der Waals surface area contributed by atoms with E-state index >= 15 is 0 Å². The molecule has 7 heteroatoms. The maximum atomic E-state index is 12.1. The number of amides is 1. The van der Waals surface area contributed by atoms with Crippen LogP contribution in [0.1, 0.15) is 5.56 Å². The van der Waals surface area contributed by atoms with Gasteiger partial charge in [-0.3, -0.25) is 4.79 Å². The molecule has 1 aliphatic heterocycles. The molecule has 26 heavy (non-hydrogen) atoms. The monoisotopic (exact) mass is 410 g/mol. The molecule has 1 fully saturated rings. The topological polar surface area (TPSA) is 41.6 Å². The highest BCUT2D eigenvalue weighted by Crippen LogP contribution is 2.30. The molecule has 3 rings (SSSR count). The number of benzene rings is 2. The van der Waals surface area contributed by atoms with Crippen molar-refractivity contribution < 1.29 is 9.53 Å². The molecule has 0 unspecified atom stereocenters. The van der Waals surface area contributed by atoms with Gasteiger partial charge in [0.25, 0.3) is 0 Å². The third-order valence-electron chi connectivity index (χ3n) is 4.03. The fourth-order valence-electron chi connectivity index (χ4n) is 2.71. The smallest absolute Gasteiger partial charge is 0.250 e. The summed E-state index contributed by atoms with van der Waals surface area (Å²) in [5.41, 5.74) is 2.53. The quantitative estimate of drug-likeness (QED) is 0.748. The maximum absolute atomic E-state index is 12.1. The molecule has 138 valence electrons. The van der Waals surface area contributed by atoms with Gasteiger partial charge in [-0.1, -0.05) is 41.4 Å². The van der Waals surface area contributed by atoms with Crippen LogP contribution >= 0.6 is 35.0 Å². The molecule has 4 nitrogen and oxygen atoms in total. The number of hydrogen-bond acceptors (Lipinski definition) is 4. The lowest BCUT2D eigenvalue weighted by atomic mass is 10.2. The van der Waals surface area contributed by atoms with Crippen LogP contribution in [0.4, 0.5) is 11.4 Å². The van der Waals surface area contributed by atoms with Crippen LogP contribution in [0.3, 0.4) is 0 Å². The number of thioether (sulfide) groups is 1. The van der Waals surface area contributed by atoms with Crippen LogP contribution < -0.4 is 10.2 Å². The lowest BCUT2D eigenvalue weighted by molar-refractivity contribution is -0.121. The highest BCUT2D eigenvalue weighted by Gasteiger charge is 2.15. The number of anilines is 2. The highest BCUT2D eigenvalue weighted by molar-refractivity contribution is 7.99. The van der Waals surface area contributed by atoms with E-state index in [9.17, 15) is 4.79 Å². The molecular formula is C19H20Cl2N2O2S. The molecule has 2 aromatic carbocycles. The predicted molar refractivity (Wildman–Crippen MR) is 111 cm³/mol. The van der Waals surface area contributed by atoms with Gasteiger partial charge in [0.05, 0.1) is 17.3 Å². The zero-order valence-corrected chi connectivity index (χ0v) is 16.5. The van der Waals surface area contributed by atoms with Crippen LogP contribution in [-0.2, 0) is 16.1 Å². The van der Waals surface area contributed by atoms with Crippen LogP contribution in [0.5, 0.6) is 0 Å². The fraction of sp³-hybridized carbons (Fsp3) is 0.316. The zero-order chi connectivity index (χ0) is 18.4. The van der Waals surface area contributed by atoms with Gasteiger partial charge in [-0.15, -0.1) is 0 Å². The lowest BCUT2D eigenvalue weighted by Crippen LogP contribution is -2.32. The van der Waals surface area contributed by atoms with Gasteiger partial charge in [-0.2, -0.15) is 11.8 Å². The number of carbonyl (C=O) groups is 1. The summed E-state index contributed by atoms with van der Waals surface area (Å²) in [5, 5.41) is 4.09. The second-order valence-electron chi connectivity index (χ2n) is 5.90. The summed E-state index contributed by atoms with van der Waals surface area (Å²) in [5.74, 6) is 1.99. The second kappa shape index (κ2) is 9.51. The van der Waals surface area contributed by atoms with Crippen molar-refractivity contribution in [3.05, 3.63) is 58.1 Å². The summed E-state index contributed by atoms with van der Waals surface area (Å²) < 4.78 is 5.44. The number of rotatable bonds is 6. The first-order valence-corrected chi connectivity index (χ1v) is 10.3. The standard InChI is InChI=1S/C19H20Cl2N2O2S/c20-16-4-2-1-3-14(16)12-25-13-19(24)22-15-5-6-18(17(21)11-15)23-7-9-26-10-8-23/h1-6,11H,7-10,12-13H2,(H,22,24). The summed E-state index contributed by atoms with van der Waals surface area (Å²) >= 11 is 14.4. The molecule has 1 aliphatic rings.